The van der Waals surface area contributed by atoms with Crippen LogP contribution in [0, 0.1) is 5.92 Å². The molecule has 0 bridgehead atoms. The third-order valence-electron chi connectivity index (χ3n) is 4.78. The number of pyridine rings is 2. The first-order valence-electron chi connectivity index (χ1n) is 8.13. The maximum absolute atomic E-state index is 6.09. The van der Waals surface area contributed by atoms with Gasteiger partial charge >= 0.3 is 0 Å². The van der Waals surface area contributed by atoms with Gasteiger partial charge in [-0.25, -0.2) is 0 Å². The largest absolute Gasteiger partial charge is 0.492 e. The van der Waals surface area contributed by atoms with Gasteiger partial charge in [-0.05, 0) is 30.7 Å². The lowest BCUT2D eigenvalue weighted by Gasteiger charge is -2.50. The summed E-state index contributed by atoms with van der Waals surface area (Å²) in [6.45, 7) is 4.35. The Morgan fingerprint density at radius 2 is 2.17 bits per heavy atom. The molecule has 0 aliphatic carbocycles. The number of aromatic nitrogens is 2. The molecular weight excluding hydrogens is 290 g/mol. The van der Waals surface area contributed by atoms with Crippen LogP contribution >= 0.6 is 0 Å². The van der Waals surface area contributed by atoms with E-state index in [9.17, 15) is 0 Å². The zero-order valence-corrected chi connectivity index (χ0v) is 13.1. The first kappa shape index (κ1) is 14.6. The number of hydrogen-bond acceptors (Lipinski definition) is 5. The summed E-state index contributed by atoms with van der Waals surface area (Å²) in [5, 5.41) is 0. The number of nitrogens with zero attached hydrogens (tertiary/aromatic N) is 3. The highest BCUT2D eigenvalue weighted by molar-refractivity contribution is 5.16. The highest BCUT2D eigenvalue weighted by Gasteiger charge is 2.53. The minimum atomic E-state index is -0.0308. The summed E-state index contributed by atoms with van der Waals surface area (Å²) in [6, 6.07) is 9.91. The molecule has 120 valence electrons. The van der Waals surface area contributed by atoms with E-state index in [1.807, 2.05) is 30.5 Å². The SMILES string of the molecule is c1ccc(CN2CC3(C2)OCC[C@H]3COc2cccnc2)nc1. The van der Waals surface area contributed by atoms with Gasteiger partial charge in [-0.15, -0.1) is 0 Å². The smallest absolute Gasteiger partial charge is 0.137 e. The van der Waals surface area contributed by atoms with Crippen molar-refractivity contribution in [3.8, 4) is 5.75 Å². The molecule has 4 heterocycles. The normalized spacial score (nSPS) is 22.9. The van der Waals surface area contributed by atoms with Gasteiger partial charge < -0.3 is 9.47 Å². The Labute approximate surface area is 136 Å². The Hall–Kier alpha value is -1.98. The summed E-state index contributed by atoms with van der Waals surface area (Å²) < 4.78 is 12.0. The van der Waals surface area contributed by atoms with Gasteiger partial charge in [0.2, 0.25) is 0 Å². The average Bonchev–Trinajstić information content (AvgIpc) is 2.98. The van der Waals surface area contributed by atoms with Crippen LogP contribution in [0.3, 0.4) is 0 Å². The van der Waals surface area contributed by atoms with E-state index in [2.05, 4.69) is 20.9 Å². The Kier molecular flexibility index (Phi) is 3.97. The number of likely N-dealkylation sites (tertiary alicyclic amines) is 1. The number of ether oxygens (including phenoxy) is 2. The number of rotatable bonds is 5. The fourth-order valence-corrected chi connectivity index (χ4v) is 3.54. The lowest BCUT2D eigenvalue weighted by atomic mass is 9.81. The first-order valence-corrected chi connectivity index (χ1v) is 8.13. The van der Waals surface area contributed by atoms with E-state index in [0.29, 0.717) is 12.5 Å². The van der Waals surface area contributed by atoms with Gasteiger partial charge in [0.25, 0.3) is 0 Å². The van der Waals surface area contributed by atoms with E-state index in [0.717, 1.165) is 44.1 Å². The predicted octanol–water partition coefficient (Wildman–Crippen LogP) is 2.15. The maximum Gasteiger partial charge on any atom is 0.137 e. The second kappa shape index (κ2) is 6.26. The molecule has 2 aliphatic heterocycles. The molecule has 1 spiro atoms. The van der Waals surface area contributed by atoms with Crippen molar-refractivity contribution in [3.63, 3.8) is 0 Å². The van der Waals surface area contributed by atoms with Crippen LogP contribution in [-0.4, -0.2) is 46.8 Å². The molecular formula is C18H21N3O2. The highest BCUT2D eigenvalue weighted by atomic mass is 16.5. The summed E-state index contributed by atoms with van der Waals surface area (Å²) in [4.78, 5) is 10.9. The Bertz CT molecular complexity index is 629. The first-order chi connectivity index (χ1) is 11.3. The zero-order chi connectivity index (χ0) is 15.5. The van der Waals surface area contributed by atoms with E-state index >= 15 is 0 Å². The van der Waals surface area contributed by atoms with Crippen molar-refractivity contribution >= 4 is 0 Å². The van der Waals surface area contributed by atoms with Crippen molar-refractivity contribution in [1.82, 2.24) is 14.9 Å². The van der Waals surface area contributed by atoms with Crippen molar-refractivity contribution in [3.05, 3.63) is 54.6 Å². The second-order valence-electron chi connectivity index (χ2n) is 6.36. The molecule has 0 saturated carbocycles. The van der Waals surface area contributed by atoms with E-state index in [4.69, 9.17) is 9.47 Å². The zero-order valence-electron chi connectivity index (χ0n) is 13.1. The fraction of sp³-hybridized carbons (Fsp3) is 0.444. The minimum absolute atomic E-state index is 0.0308. The van der Waals surface area contributed by atoms with Crippen molar-refractivity contribution < 1.29 is 9.47 Å². The van der Waals surface area contributed by atoms with Crippen LogP contribution in [-0.2, 0) is 11.3 Å². The summed E-state index contributed by atoms with van der Waals surface area (Å²) in [5.41, 5.74) is 1.08. The van der Waals surface area contributed by atoms with Crippen molar-refractivity contribution in [2.24, 2.45) is 5.92 Å². The molecule has 5 heteroatoms. The quantitative estimate of drug-likeness (QED) is 0.847. The van der Waals surface area contributed by atoms with Crippen molar-refractivity contribution in [2.75, 3.05) is 26.3 Å². The van der Waals surface area contributed by atoms with Gasteiger partial charge in [-0.3, -0.25) is 14.9 Å². The molecule has 0 unspecified atom stereocenters. The molecule has 2 aliphatic rings. The predicted molar refractivity (Wildman–Crippen MR) is 86.0 cm³/mol. The molecule has 4 rings (SSSR count). The average molecular weight is 311 g/mol. The Balaban J connectivity index is 1.32. The van der Waals surface area contributed by atoms with Gasteiger partial charge in [-0.2, -0.15) is 0 Å². The van der Waals surface area contributed by atoms with E-state index in [1.165, 1.54) is 0 Å². The molecule has 2 fully saturated rings. The summed E-state index contributed by atoms with van der Waals surface area (Å²) in [6.07, 6.45) is 6.43. The van der Waals surface area contributed by atoms with Gasteiger partial charge in [0.1, 0.15) is 5.75 Å². The van der Waals surface area contributed by atoms with Crippen LogP contribution in [0.5, 0.6) is 5.75 Å². The Morgan fingerprint density at radius 1 is 1.22 bits per heavy atom. The monoisotopic (exact) mass is 311 g/mol. The molecule has 0 radical (unpaired) electrons. The molecule has 2 aromatic heterocycles. The minimum Gasteiger partial charge on any atom is -0.492 e. The van der Waals surface area contributed by atoms with Crippen LogP contribution in [0.15, 0.2) is 48.9 Å². The van der Waals surface area contributed by atoms with Gasteiger partial charge in [0, 0.05) is 44.6 Å². The fourth-order valence-electron chi connectivity index (χ4n) is 3.54. The molecule has 2 aromatic rings. The van der Waals surface area contributed by atoms with Crippen molar-refractivity contribution in [2.45, 2.75) is 18.6 Å². The Morgan fingerprint density at radius 3 is 2.96 bits per heavy atom. The van der Waals surface area contributed by atoms with Gasteiger partial charge in [0.15, 0.2) is 0 Å². The van der Waals surface area contributed by atoms with E-state index in [1.54, 1.807) is 12.4 Å². The molecule has 5 nitrogen and oxygen atoms in total. The van der Waals surface area contributed by atoms with Gasteiger partial charge in [0.05, 0.1) is 24.1 Å². The second-order valence-corrected chi connectivity index (χ2v) is 6.36. The molecule has 0 N–H and O–H groups in total. The van der Waals surface area contributed by atoms with E-state index in [-0.39, 0.29) is 5.60 Å². The molecule has 0 aromatic carbocycles. The lowest BCUT2D eigenvalue weighted by molar-refractivity contribution is -0.141. The van der Waals surface area contributed by atoms with Gasteiger partial charge in [-0.1, -0.05) is 6.07 Å². The van der Waals surface area contributed by atoms with E-state index < -0.39 is 0 Å². The third-order valence-corrected chi connectivity index (χ3v) is 4.78. The standard InChI is InChI=1S/C18H21N3O2/c1-2-8-20-16(4-1)11-21-13-18(14-21)15(6-9-23-18)12-22-17-5-3-7-19-10-17/h1-5,7-8,10,15H,6,9,11-14H2/t15-/m0/s1. The van der Waals surface area contributed by atoms with Crippen LogP contribution in [0.4, 0.5) is 0 Å². The third kappa shape index (κ3) is 3.07. The number of hydrogen-bond donors (Lipinski definition) is 0. The van der Waals surface area contributed by atoms with Crippen LogP contribution < -0.4 is 4.74 Å². The summed E-state index contributed by atoms with van der Waals surface area (Å²) in [7, 11) is 0. The maximum atomic E-state index is 6.09. The summed E-state index contributed by atoms with van der Waals surface area (Å²) in [5.74, 6) is 1.28. The van der Waals surface area contributed by atoms with Crippen molar-refractivity contribution in [1.29, 1.82) is 0 Å². The lowest BCUT2D eigenvalue weighted by Crippen LogP contribution is -2.64. The van der Waals surface area contributed by atoms with Crippen LogP contribution in [0.1, 0.15) is 12.1 Å². The topological polar surface area (TPSA) is 47.5 Å². The highest BCUT2D eigenvalue weighted by Crippen LogP contribution is 2.40. The van der Waals surface area contributed by atoms with Crippen LogP contribution in [0.25, 0.3) is 0 Å². The van der Waals surface area contributed by atoms with Crippen LogP contribution in [0.2, 0.25) is 0 Å². The molecule has 1 atom stereocenters. The molecule has 23 heavy (non-hydrogen) atoms. The summed E-state index contributed by atoms with van der Waals surface area (Å²) >= 11 is 0. The molecule has 0 amide bonds. The molecule has 2 saturated heterocycles.